The first kappa shape index (κ1) is 23.2. The summed E-state index contributed by atoms with van der Waals surface area (Å²) in [5.74, 6) is -0.175. The maximum atomic E-state index is 12.2. The Kier molecular flexibility index (Phi) is 8.99. The van der Waals surface area contributed by atoms with E-state index in [1.807, 2.05) is 39.0 Å². The van der Waals surface area contributed by atoms with Crippen molar-refractivity contribution in [3.05, 3.63) is 47.0 Å². The predicted octanol–water partition coefficient (Wildman–Crippen LogP) is 3.54. The van der Waals surface area contributed by atoms with Crippen LogP contribution in [0.15, 0.2) is 36.4 Å². The summed E-state index contributed by atoms with van der Waals surface area (Å²) < 4.78 is 5.34. The molecule has 1 saturated heterocycles. The van der Waals surface area contributed by atoms with Gasteiger partial charge in [0.1, 0.15) is 5.60 Å². The third-order valence-corrected chi connectivity index (χ3v) is 4.69. The lowest BCUT2D eigenvalue weighted by Crippen LogP contribution is -2.39. The zero-order valence-electron chi connectivity index (χ0n) is 17.5. The molecule has 1 fully saturated rings. The molecular formula is C22H32ClN3O3. The van der Waals surface area contributed by atoms with Gasteiger partial charge in [0, 0.05) is 24.2 Å². The number of carbonyl (C=O) groups is 2. The molecule has 0 bridgehead atoms. The number of ether oxygens (including phenoxy) is 1. The highest BCUT2D eigenvalue weighted by atomic mass is 35.5. The third kappa shape index (κ3) is 9.81. The first-order valence-corrected chi connectivity index (χ1v) is 10.5. The zero-order valence-corrected chi connectivity index (χ0v) is 18.3. The van der Waals surface area contributed by atoms with E-state index in [1.54, 1.807) is 12.1 Å². The van der Waals surface area contributed by atoms with Gasteiger partial charge in [0.2, 0.25) is 5.91 Å². The molecule has 1 aliphatic heterocycles. The van der Waals surface area contributed by atoms with Gasteiger partial charge in [0.25, 0.3) is 0 Å². The molecule has 2 rings (SSSR count). The number of amides is 2. The van der Waals surface area contributed by atoms with Crippen molar-refractivity contribution in [3.63, 3.8) is 0 Å². The van der Waals surface area contributed by atoms with Crippen molar-refractivity contribution in [2.45, 2.75) is 51.7 Å². The second-order valence-electron chi connectivity index (χ2n) is 8.29. The summed E-state index contributed by atoms with van der Waals surface area (Å²) >= 11 is 6.06. The Morgan fingerprint density at radius 3 is 2.66 bits per heavy atom. The van der Waals surface area contributed by atoms with Gasteiger partial charge in [-0.3, -0.25) is 4.79 Å². The Bertz CT molecular complexity index is 709. The van der Waals surface area contributed by atoms with Crippen molar-refractivity contribution in [2.75, 3.05) is 26.2 Å². The molecular weight excluding hydrogens is 390 g/mol. The molecule has 2 amide bonds. The highest BCUT2D eigenvalue weighted by Gasteiger charge is 2.19. The number of hydrogen-bond donors (Lipinski definition) is 2. The van der Waals surface area contributed by atoms with Crippen LogP contribution in [0.1, 0.15) is 39.2 Å². The molecule has 0 saturated carbocycles. The fourth-order valence-electron chi connectivity index (χ4n) is 3.15. The maximum absolute atomic E-state index is 12.2. The highest BCUT2D eigenvalue weighted by molar-refractivity contribution is 6.30. The summed E-state index contributed by atoms with van der Waals surface area (Å²) in [4.78, 5) is 26.7. The molecule has 1 aromatic carbocycles. The summed E-state index contributed by atoms with van der Waals surface area (Å²) in [5, 5.41) is 6.34. The SMILES string of the molecule is CC(C)(C)OC(=O)N[C@H](C=CC(=O)NCCN1CCCC1)Cc1cccc(Cl)c1. The summed E-state index contributed by atoms with van der Waals surface area (Å²) in [6.45, 7) is 9.11. The number of rotatable bonds is 8. The molecule has 7 heteroatoms. The molecule has 0 aromatic heterocycles. The average molecular weight is 422 g/mol. The van der Waals surface area contributed by atoms with Crippen LogP contribution in [0, 0.1) is 0 Å². The molecule has 2 N–H and O–H groups in total. The van der Waals surface area contributed by atoms with Gasteiger partial charge in [0.15, 0.2) is 0 Å². The molecule has 0 radical (unpaired) electrons. The molecule has 1 aliphatic rings. The van der Waals surface area contributed by atoms with Crippen LogP contribution >= 0.6 is 11.6 Å². The number of carbonyl (C=O) groups excluding carboxylic acids is 2. The second kappa shape index (κ2) is 11.2. The first-order chi connectivity index (χ1) is 13.7. The Morgan fingerprint density at radius 1 is 1.28 bits per heavy atom. The topological polar surface area (TPSA) is 70.7 Å². The van der Waals surface area contributed by atoms with E-state index in [0.717, 1.165) is 25.2 Å². The number of halogens is 1. The molecule has 29 heavy (non-hydrogen) atoms. The minimum absolute atomic E-state index is 0.175. The number of benzene rings is 1. The maximum Gasteiger partial charge on any atom is 0.408 e. The first-order valence-electron chi connectivity index (χ1n) is 10.1. The summed E-state index contributed by atoms with van der Waals surface area (Å²) in [5.41, 5.74) is 0.360. The fourth-order valence-corrected chi connectivity index (χ4v) is 3.36. The Hall–Kier alpha value is -2.05. The molecule has 0 aliphatic carbocycles. The van der Waals surface area contributed by atoms with Crippen molar-refractivity contribution in [1.29, 1.82) is 0 Å². The van der Waals surface area contributed by atoms with Gasteiger partial charge in [0.05, 0.1) is 6.04 Å². The van der Waals surface area contributed by atoms with Crippen molar-refractivity contribution >= 4 is 23.6 Å². The van der Waals surface area contributed by atoms with E-state index in [9.17, 15) is 9.59 Å². The minimum Gasteiger partial charge on any atom is -0.444 e. The largest absolute Gasteiger partial charge is 0.444 e. The van der Waals surface area contributed by atoms with Crippen LogP contribution in [0.4, 0.5) is 4.79 Å². The van der Waals surface area contributed by atoms with Crippen LogP contribution < -0.4 is 10.6 Å². The molecule has 1 aromatic rings. The highest BCUT2D eigenvalue weighted by Crippen LogP contribution is 2.13. The van der Waals surface area contributed by atoms with Crippen molar-refractivity contribution in [1.82, 2.24) is 15.5 Å². The lowest BCUT2D eigenvalue weighted by molar-refractivity contribution is -0.116. The third-order valence-electron chi connectivity index (χ3n) is 4.45. The molecule has 1 atom stereocenters. The number of hydrogen-bond acceptors (Lipinski definition) is 4. The molecule has 1 heterocycles. The minimum atomic E-state index is -0.596. The van der Waals surface area contributed by atoms with Crippen LogP contribution in [-0.2, 0) is 16.0 Å². The van der Waals surface area contributed by atoms with Gasteiger partial charge in [-0.1, -0.05) is 29.8 Å². The van der Waals surface area contributed by atoms with Crippen LogP contribution in [0.25, 0.3) is 0 Å². The van der Waals surface area contributed by atoms with Crippen LogP contribution in [0.3, 0.4) is 0 Å². The Morgan fingerprint density at radius 2 is 2.00 bits per heavy atom. The fraction of sp³-hybridized carbons (Fsp3) is 0.545. The monoisotopic (exact) mass is 421 g/mol. The molecule has 0 spiro atoms. The Balaban J connectivity index is 1.92. The van der Waals surface area contributed by atoms with Crippen molar-refractivity contribution < 1.29 is 14.3 Å². The van der Waals surface area contributed by atoms with E-state index in [0.29, 0.717) is 18.0 Å². The number of nitrogens with zero attached hydrogens (tertiary/aromatic N) is 1. The van der Waals surface area contributed by atoms with Crippen LogP contribution in [0.2, 0.25) is 5.02 Å². The van der Waals surface area contributed by atoms with Gasteiger partial charge in [-0.25, -0.2) is 4.79 Å². The zero-order chi connectivity index (χ0) is 21.3. The van der Waals surface area contributed by atoms with Crippen molar-refractivity contribution in [3.8, 4) is 0 Å². The second-order valence-corrected chi connectivity index (χ2v) is 8.72. The predicted molar refractivity (Wildman–Crippen MR) is 116 cm³/mol. The standard InChI is InChI=1S/C22H32ClN3O3/c1-22(2,3)29-21(28)25-19(16-17-7-6-8-18(23)15-17)9-10-20(27)24-11-14-26-12-4-5-13-26/h6-10,15,19H,4-5,11-14,16H2,1-3H3,(H,24,27)(H,25,28)/t19-/m1/s1. The van der Waals surface area contributed by atoms with Gasteiger partial charge < -0.3 is 20.3 Å². The molecule has 0 unspecified atom stereocenters. The van der Waals surface area contributed by atoms with E-state index in [1.165, 1.54) is 18.9 Å². The van der Waals surface area contributed by atoms with E-state index in [2.05, 4.69) is 15.5 Å². The van der Waals surface area contributed by atoms with Crippen LogP contribution in [0.5, 0.6) is 0 Å². The van der Waals surface area contributed by atoms with Crippen LogP contribution in [-0.4, -0.2) is 54.7 Å². The van der Waals surface area contributed by atoms with Gasteiger partial charge in [-0.15, -0.1) is 0 Å². The van der Waals surface area contributed by atoms with Gasteiger partial charge >= 0.3 is 6.09 Å². The molecule has 6 nitrogen and oxygen atoms in total. The smallest absolute Gasteiger partial charge is 0.408 e. The van der Waals surface area contributed by atoms with Gasteiger partial charge in [-0.2, -0.15) is 0 Å². The number of likely N-dealkylation sites (tertiary alicyclic amines) is 1. The quantitative estimate of drug-likeness (QED) is 0.630. The lowest BCUT2D eigenvalue weighted by atomic mass is 10.1. The van der Waals surface area contributed by atoms with Gasteiger partial charge in [-0.05, 0) is 70.8 Å². The van der Waals surface area contributed by atoms with E-state index < -0.39 is 17.7 Å². The Labute approximate surface area is 178 Å². The normalized spacial score (nSPS) is 16.0. The number of alkyl carbamates (subject to hydrolysis) is 1. The summed E-state index contributed by atoms with van der Waals surface area (Å²) in [7, 11) is 0. The van der Waals surface area contributed by atoms with E-state index in [4.69, 9.17) is 16.3 Å². The van der Waals surface area contributed by atoms with E-state index in [-0.39, 0.29) is 5.91 Å². The molecule has 160 valence electrons. The summed E-state index contributed by atoms with van der Waals surface area (Å²) in [6, 6.07) is 7.03. The number of nitrogens with one attached hydrogen (secondary N) is 2. The summed E-state index contributed by atoms with van der Waals surface area (Å²) in [6.07, 6.45) is 5.60. The van der Waals surface area contributed by atoms with E-state index >= 15 is 0 Å². The average Bonchev–Trinajstić information content (AvgIpc) is 3.11. The van der Waals surface area contributed by atoms with Crippen molar-refractivity contribution in [2.24, 2.45) is 0 Å². The lowest BCUT2D eigenvalue weighted by Gasteiger charge is -2.22.